The number of aliphatic hydroxyl groups excluding tert-OH is 1. The summed E-state index contributed by atoms with van der Waals surface area (Å²) in [5.41, 5.74) is 2.95. The number of carbonyl (C=O) groups is 2. The van der Waals surface area contributed by atoms with Crippen molar-refractivity contribution in [1.29, 1.82) is 0 Å². The molecule has 11 heteroatoms. The molecule has 49 heavy (non-hydrogen) atoms. The van der Waals surface area contributed by atoms with Crippen LogP contribution in [0.3, 0.4) is 0 Å². The SMILES string of the molecule is CC(C)=CCC/C(C)=C/CN1C(=O)[C@@]2(O[C@@H](CC(=O)N3CCC[C@H]3CO)[C@H]([Si](C)(C)O)[C@H]2C)c2cc(-n3[nH]c4ccccc4c3=O)ccc21. The van der Waals surface area contributed by atoms with Crippen LogP contribution < -0.4 is 10.5 Å². The number of rotatable bonds is 10. The van der Waals surface area contributed by atoms with Crippen LogP contribution in [0.15, 0.2) is 70.6 Å². The van der Waals surface area contributed by atoms with E-state index in [0.29, 0.717) is 40.9 Å². The number of aromatic nitrogens is 2. The van der Waals surface area contributed by atoms with Crippen LogP contribution in [0, 0.1) is 5.92 Å². The molecule has 2 aromatic carbocycles. The van der Waals surface area contributed by atoms with Crippen LogP contribution in [0.5, 0.6) is 0 Å². The molecule has 1 spiro atoms. The van der Waals surface area contributed by atoms with E-state index in [2.05, 4.69) is 38.0 Å². The summed E-state index contributed by atoms with van der Waals surface area (Å²) in [5.74, 6) is -0.820. The van der Waals surface area contributed by atoms with Gasteiger partial charge >= 0.3 is 0 Å². The predicted molar refractivity (Wildman–Crippen MR) is 194 cm³/mol. The lowest BCUT2D eigenvalue weighted by atomic mass is 9.82. The van der Waals surface area contributed by atoms with Gasteiger partial charge in [-0.2, -0.15) is 0 Å². The topological polar surface area (TPSA) is 128 Å². The third-order valence-corrected chi connectivity index (χ3v) is 13.3. The molecule has 2 saturated heterocycles. The highest BCUT2D eigenvalue weighted by Crippen LogP contribution is 2.60. The molecule has 6 rings (SSSR count). The highest BCUT2D eigenvalue weighted by Gasteiger charge is 2.66. The molecule has 3 aliphatic rings. The van der Waals surface area contributed by atoms with Crippen LogP contribution in [-0.4, -0.2) is 76.6 Å². The maximum absolute atomic E-state index is 14.9. The Labute approximate surface area is 289 Å². The molecule has 2 amide bonds. The molecule has 3 aromatic rings. The van der Waals surface area contributed by atoms with Crippen LogP contribution in [0.1, 0.15) is 65.4 Å². The van der Waals surface area contributed by atoms with Gasteiger partial charge in [0.2, 0.25) is 5.91 Å². The van der Waals surface area contributed by atoms with Gasteiger partial charge in [-0.05, 0) is 89.9 Å². The Balaban J connectivity index is 1.43. The minimum Gasteiger partial charge on any atom is -0.432 e. The largest absolute Gasteiger partial charge is 0.432 e. The second-order valence-corrected chi connectivity index (χ2v) is 18.9. The van der Waals surface area contributed by atoms with Crippen molar-refractivity contribution in [2.45, 2.75) is 96.2 Å². The molecule has 0 saturated carbocycles. The molecule has 0 bridgehead atoms. The molecule has 3 aliphatic heterocycles. The Bertz CT molecular complexity index is 1870. The van der Waals surface area contributed by atoms with Crippen molar-refractivity contribution in [2.75, 3.05) is 24.6 Å². The number of nitrogens with one attached hydrogen (secondary N) is 1. The molecule has 1 aromatic heterocycles. The van der Waals surface area contributed by atoms with E-state index in [1.807, 2.05) is 56.4 Å². The Morgan fingerprint density at radius 3 is 2.57 bits per heavy atom. The molecule has 262 valence electrons. The molecule has 4 heterocycles. The zero-order valence-electron chi connectivity index (χ0n) is 29.5. The highest BCUT2D eigenvalue weighted by molar-refractivity contribution is 6.71. The van der Waals surface area contributed by atoms with E-state index in [1.54, 1.807) is 15.9 Å². The van der Waals surface area contributed by atoms with Crippen LogP contribution in [0.25, 0.3) is 16.6 Å². The maximum atomic E-state index is 14.9. The summed E-state index contributed by atoms with van der Waals surface area (Å²) in [5, 5.41) is 13.7. The number of allylic oxidation sites excluding steroid dienone is 3. The van der Waals surface area contributed by atoms with Crippen molar-refractivity contribution in [1.82, 2.24) is 14.7 Å². The number of para-hydroxylation sites is 1. The van der Waals surface area contributed by atoms with E-state index in [9.17, 15) is 24.3 Å². The third-order valence-electron chi connectivity index (χ3n) is 10.8. The lowest BCUT2D eigenvalue weighted by Crippen LogP contribution is -2.46. The van der Waals surface area contributed by atoms with Crippen molar-refractivity contribution in [3.8, 4) is 5.69 Å². The van der Waals surface area contributed by atoms with Crippen molar-refractivity contribution in [3.05, 3.63) is 81.7 Å². The van der Waals surface area contributed by atoms with Gasteiger partial charge in [0.15, 0.2) is 13.9 Å². The van der Waals surface area contributed by atoms with Gasteiger partial charge in [0.25, 0.3) is 11.5 Å². The van der Waals surface area contributed by atoms with E-state index < -0.39 is 31.5 Å². The van der Waals surface area contributed by atoms with Gasteiger partial charge in [0.1, 0.15) is 0 Å². The number of likely N-dealkylation sites (tertiary alicyclic amines) is 1. The molecule has 2 fully saturated rings. The Hall–Kier alpha value is -3.77. The number of anilines is 1. The van der Waals surface area contributed by atoms with Crippen LogP contribution in [-0.2, 0) is 19.9 Å². The Morgan fingerprint density at radius 2 is 1.88 bits per heavy atom. The van der Waals surface area contributed by atoms with Gasteiger partial charge in [-0.25, -0.2) is 4.68 Å². The second-order valence-electron chi connectivity index (χ2n) is 14.9. The summed E-state index contributed by atoms with van der Waals surface area (Å²) >= 11 is 0. The first-order valence-electron chi connectivity index (χ1n) is 17.5. The maximum Gasteiger partial charge on any atom is 0.279 e. The first-order chi connectivity index (χ1) is 23.3. The molecular weight excluding hydrogens is 637 g/mol. The van der Waals surface area contributed by atoms with Crippen LogP contribution >= 0.6 is 0 Å². The van der Waals surface area contributed by atoms with Gasteiger partial charge in [-0.3, -0.25) is 19.5 Å². The third kappa shape index (κ3) is 6.26. The second kappa shape index (κ2) is 13.5. The Kier molecular flexibility index (Phi) is 9.66. The average Bonchev–Trinajstić information content (AvgIpc) is 3.79. The van der Waals surface area contributed by atoms with E-state index in [0.717, 1.165) is 25.7 Å². The number of benzene rings is 2. The smallest absolute Gasteiger partial charge is 0.279 e. The van der Waals surface area contributed by atoms with E-state index in [1.165, 1.54) is 15.8 Å². The molecule has 0 aliphatic carbocycles. The van der Waals surface area contributed by atoms with Gasteiger partial charge in [0, 0.05) is 30.1 Å². The molecular formula is C38H50N4O6Si. The minimum atomic E-state index is -3.01. The average molecular weight is 687 g/mol. The van der Waals surface area contributed by atoms with Gasteiger partial charge in [-0.15, -0.1) is 0 Å². The van der Waals surface area contributed by atoms with E-state index in [4.69, 9.17) is 4.74 Å². The van der Waals surface area contributed by atoms with Gasteiger partial charge < -0.3 is 24.4 Å². The van der Waals surface area contributed by atoms with Crippen molar-refractivity contribution < 1.29 is 24.2 Å². The summed E-state index contributed by atoms with van der Waals surface area (Å²) in [6, 6.07) is 12.7. The first kappa shape index (κ1) is 35.1. The van der Waals surface area contributed by atoms with Crippen molar-refractivity contribution in [3.63, 3.8) is 0 Å². The minimum absolute atomic E-state index is 0.0113. The summed E-state index contributed by atoms with van der Waals surface area (Å²) in [6.45, 7) is 12.7. The number of carbonyl (C=O) groups excluding carboxylic acids is 2. The summed E-state index contributed by atoms with van der Waals surface area (Å²) in [7, 11) is -3.01. The number of H-pyrrole nitrogens is 1. The van der Waals surface area contributed by atoms with Crippen molar-refractivity contribution >= 4 is 36.7 Å². The lowest BCUT2D eigenvalue weighted by molar-refractivity contribution is -0.149. The molecule has 10 nitrogen and oxygen atoms in total. The quantitative estimate of drug-likeness (QED) is 0.190. The zero-order valence-corrected chi connectivity index (χ0v) is 30.5. The van der Waals surface area contributed by atoms with Gasteiger partial charge in [0.05, 0.1) is 47.5 Å². The fraction of sp³-hybridized carbons (Fsp3) is 0.500. The van der Waals surface area contributed by atoms with Crippen molar-refractivity contribution in [2.24, 2.45) is 5.92 Å². The number of nitrogens with zero attached hydrogens (tertiary/aromatic N) is 3. The zero-order chi connectivity index (χ0) is 35.2. The Morgan fingerprint density at radius 1 is 1.12 bits per heavy atom. The number of fused-ring (bicyclic) bond motifs is 3. The first-order valence-corrected chi connectivity index (χ1v) is 20.6. The van der Waals surface area contributed by atoms with E-state index in [-0.39, 0.29) is 36.4 Å². The normalized spacial score (nSPS) is 25.6. The number of hydrogen-bond acceptors (Lipinski definition) is 6. The summed E-state index contributed by atoms with van der Waals surface area (Å²) in [6.07, 6.45) is 6.97. The predicted octanol–water partition coefficient (Wildman–Crippen LogP) is 5.53. The molecule has 3 N–H and O–H groups in total. The number of hydrogen-bond donors (Lipinski definition) is 3. The number of aliphatic hydroxyl groups is 1. The number of ether oxygens (including phenoxy) is 1. The monoisotopic (exact) mass is 686 g/mol. The highest BCUT2D eigenvalue weighted by atomic mass is 28.4. The fourth-order valence-electron chi connectivity index (χ4n) is 8.41. The van der Waals surface area contributed by atoms with E-state index >= 15 is 0 Å². The van der Waals surface area contributed by atoms with Gasteiger partial charge in [-0.1, -0.05) is 42.4 Å². The summed E-state index contributed by atoms with van der Waals surface area (Å²) in [4.78, 5) is 57.4. The lowest BCUT2D eigenvalue weighted by Gasteiger charge is -2.32. The number of amides is 2. The fourth-order valence-corrected chi connectivity index (χ4v) is 11.0. The molecule has 5 atom stereocenters. The standard InChI is InChI=1S/C38H50N4O6Si/c1-24(2)11-9-12-25(3)18-20-41-32-17-16-27(42-36(45)29-14-7-8-15-31(29)39-42)21-30(32)38(37(41)46)26(4)35(49(5,6)47)33(48-38)22-34(44)40-19-10-13-28(40)23-43/h7-8,11,14-18,21,26,28,33,35,39,43,47H,9-10,12-13,19-20,22-23H2,1-6H3/b25-18+/t26-,28+,33+,35-,38+/m1/s1. The van der Waals surface area contributed by atoms with Crippen LogP contribution in [0.4, 0.5) is 5.69 Å². The number of aromatic amines is 1. The molecule has 0 unspecified atom stereocenters. The molecule has 0 radical (unpaired) electrons. The van der Waals surface area contributed by atoms with Crippen LogP contribution in [0.2, 0.25) is 18.6 Å². The summed E-state index contributed by atoms with van der Waals surface area (Å²) < 4.78 is 8.45.